The van der Waals surface area contributed by atoms with Crippen LogP contribution < -0.4 is 57.8 Å². The Balaban J connectivity index is 0.000000104. The van der Waals surface area contributed by atoms with Crippen LogP contribution in [0.25, 0.3) is 0 Å². The predicted molar refractivity (Wildman–Crippen MR) is 357 cm³/mol. The SMILES string of the molecule is c1cc(N2COc3ccncc3C2)ccn1.c1cnc(N2COc3cccnc3C2)nc1.c1cnc(N2COc3ccncc3C2)nc1.c1cnc2c(c1)OCN(c1ccncc1)C2.c1cncc(N2COc3cccnc3C2)c1.c1cncc(N2COc3ccncc3C2)c1. The second-order valence-corrected chi connectivity index (χ2v) is 21.6. The first-order valence-corrected chi connectivity index (χ1v) is 30.6. The summed E-state index contributed by atoms with van der Waals surface area (Å²) in [4.78, 5) is 70.5. The first kappa shape index (κ1) is 62.1. The summed E-state index contributed by atoms with van der Waals surface area (Å²) < 4.78 is 33.7. The molecule has 0 saturated heterocycles. The molecule has 6 aliphatic heterocycles. The summed E-state index contributed by atoms with van der Waals surface area (Å²) in [7, 11) is 0. The standard InChI is InChI=1S/4C12H11N3O.2C11H10N4O/c1-4-13-5-2-11(1)15-8-10-7-14-6-3-12(10)16-9-15;1-3-10(7-13-5-1)15-8-11-12(16-9-15)4-2-6-14-11;1-2-12-11(14-5-1)8-15(9-16-12)10-3-6-13-7-4-10;1-2-11(7-13-4-1)15-8-10-6-14-5-3-12(10)16-9-15;1-3-13-11(14-4-1)15-7-9-6-12-5-2-10(9)16-8-15;1-3-10-9(12-4-1)7-15(8-16-10)11-13-5-2-6-14-11/h4*1-7H,8-9H2;2*1-6H,7-8H2. The molecule has 0 unspecified atom stereocenters. The minimum absolute atomic E-state index is 0.461. The lowest BCUT2D eigenvalue weighted by Crippen LogP contribution is -2.33. The average molecular weight is 1280 g/mol. The van der Waals surface area contributed by atoms with Crippen molar-refractivity contribution >= 4 is 34.6 Å². The number of hydrogen-bond donors (Lipinski definition) is 0. The van der Waals surface area contributed by atoms with Crippen molar-refractivity contribution in [2.45, 2.75) is 39.3 Å². The molecule has 6 aliphatic rings. The van der Waals surface area contributed by atoms with Crippen molar-refractivity contribution < 1.29 is 28.4 Å². The molecular weight excluding hydrogens is 1220 g/mol. The van der Waals surface area contributed by atoms with Gasteiger partial charge in [-0.15, -0.1) is 0 Å². The van der Waals surface area contributed by atoms with Gasteiger partial charge >= 0.3 is 0 Å². The van der Waals surface area contributed by atoms with Crippen molar-refractivity contribution in [3.63, 3.8) is 0 Å². The van der Waals surface area contributed by atoms with Crippen LogP contribution in [0.2, 0.25) is 0 Å². The van der Waals surface area contributed by atoms with E-state index in [4.69, 9.17) is 28.4 Å². The Morgan fingerprint density at radius 1 is 0.219 bits per heavy atom. The maximum Gasteiger partial charge on any atom is 0.228 e. The third-order valence-corrected chi connectivity index (χ3v) is 15.2. The fourth-order valence-corrected chi connectivity index (χ4v) is 10.4. The lowest BCUT2D eigenvalue weighted by molar-refractivity contribution is 0.283. The molecule has 0 amide bonds. The molecular formula is C70H64N20O6. The van der Waals surface area contributed by atoms with Crippen LogP contribution in [0.1, 0.15) is 33.8 Å². The highest BCUT2D eigenvalue weighted by Gasteiger charge is 2.24. The first-order valence-electron chi connectivity index (χ1n) is 30.6. The van der Waals surface area contributed by atoms with Gasteiger partial charge in [-0.25, -0.2) is 19.9 Å². The Bertz CT molecular complexity index is 3640. The molecule has 18 heterocycles. The monoisotopic (exact) mass is 1280 g/mol. The molecule has 18 rings (SSSR count). The number of aromatic nitrogens is 14. The summed E-state index contributed by atoms with van der Waals surface area (Å²) in [6.45, 7) is 7.76. The lowest BCUT2D eigenvalue weighted by Gasteiger charge is -2.30. The summed E-state index contributed by atoms with van der Waals surface area (Å²) in [6, 6.07) is 36.5. The van der Waals surface area contributed by atoms with Crippen molar-refractivity contribution in [2.24, 2.45) is 0 Å². The molecule has 480 valence electrons. The van der Waals surface area contributed by atoms with Crippen molar-refractivity contribution in [1.82, 2.24) is 69.8 Å². The van der Waals surface area contributed by atoms with Crippen molar-refractivity contribution in [1.29, 1.82) is 0 Å². The van der Waals surface area contributed by atoms with Crippen molar-refractivity contribution in [3.05, 3.63) is 279 Å². The first-order chi connectivity index (χ1) is 47.6. The molecule has 0 radical (unpaired) electrons. The molecule has 12 aromatic heterocycles. The van der Waals surface area contributed by atoms with E-state index in [2.05, 4.69) is 89.4 Å². The number of fused-ring (bicyclic) bond motifs is 6. The van der Waals surface area contributed by atoms with E-state index < -0.39 is 0 Å². The van der Waals surface area contributed by atoms with E-state index in [1.54, 1.807) is 111 Å². The highest BCUT2D eigenvalue weighted by Crippen LogP contribution is 2.31. The maximum absolute atomic E-state index is 5.66. The average Bonchev–Trinajstić information content (AvgIpc) is 1.44. The normalized spacial score (nSPS) is 14.1. The highest BCUT2D eigenvalue weighted by atomic mass is 16.5. The van der Waals surface area contributed by atoms with Crippen LogP contribution in [0.3, 0.4) is 0 Å². The minimum atomic E-state index is 0.461. The third kappa shape index (κ3) is 16.3. The maximum atomic E-state index is 5.66. The van der Waals surface area contributed by atoms with E-state index in [0.717, 1.165) is 124 Å². The Kier molecular flexibility index (Phi) is 20.4. The largest absolute Gasteiger partial charge is 0.473 e. The van der Waals surface area contributed by atoms with Gasteiger partial charge in [0.05, 0.1) is 63.0 Å². The van der Waals surface area contributed by atoms with Crippen LogP contribution in [-0.4, -0.2) is 110 Å². The van der Waals surface area contributed by atoms with Gasteiger partial charge in [0, 0.05) is 146 Å². The smallest absolute Gasteiger partial charge is 0.228 e. The highest BCUT2D eigenvalue weighted by molar-refractivity contribution is 5.51. The molecule has 0 atom stereocenters. The predicted octanol–water partition coefficient (Wildman–Crippen LogP) is 9.79. The Morgan fingerprint density at radius 2 is 0.510 bits per heavy atom. The van der Waals surface area contributed by atoms with Gasteiger partial charge in [-0.05, 0) is 115 Å². The second-order valence-electron chi connectivity index (χ2n) is 21.6. The zero-order chi connectivity index (χ0) is 64.8. The summed E-state index contributed by atoms with van der Waals surface area (Å²) in [5.74, 6) is 6.69. The third-order valence-electron chi connectivity index (χ3n) is 15.2. The molecule has 0 spiro atoms. The molecule has 0 bridgehead atoms. The number of hydrogen-bond acceptors (Lipinski definition) is 26. The molecule has 12 aromatic rings. The molecule has 0 N–H and O–H groups in total. The number of ether oxygens (including phenoxy) is 6. The molecule has 26 nitrogen and oxygen atoms in total. The Labute approximate surface area is 553 Å². The fraction of sp³-hybridized carbons (Fsp3) is 0.171. The minimum Gasteiger partial charge on any atom is -0.473 e. The zero-order valence-electron chi connectivity index (χ0n) is 52.0. The molecule has 0 aliphatic carbocycles. The van der Waals surface area contributed by atoms with Gasteiger partial charge in [0.25, 0.3) is 0 Å². The van der Waals surface area contributed by atoms with E-state index in [9.17, 15) is 0 Å². The van der Waals surface area contributed by atoms with E-state index in [-0.39, 0.29) is 0 Å². The van der Waals surface area contributed by atoms with Gasteiger partial charge in [0.2, 0.25) is 11.9 Å². The number of rotatable bonds is 6. The molecule has 0 aromatic carbocycles. The Morgan fingerprint density at radius 3 is 0.906 bits per heavy atom. The number of pyridine rings is 10. The quantitative estimate of drug-likeness (QED) is 0.150. The summed E-state index contributed by atoms with van der Waals surface area (Å²) >= 11 is 0. The molecule has 0 fully saturated rings. The van der Waals surface area contributed by atoms with Crippen molar-refractivity contribution in [2.75, 3.05) is 69.8 Å². The summed E-state index contributed by atoms with van der Waals surface area (Å²) in [5, 5.41) is 0. The number of nitrogens with zero attached hydrogens (tertiary/aromatic N) is 20. The van der Waals surface area contributed by atoms with E-state index in [1.165, 1.54) is 0 Å². The summed E-state index contributed by atoms with van der Waals surface area (Å²) in [5.41, 5.74) is 10.5. The van der Waals surface area contributed by atoms with Gasteiger partial charge in [0.1, 0.15) is 51.6 Å². The van der Waals surface area contributed by atoms with E-state index in [1.807, 2.05) is 144 Å². The van der Waals surface area contributed by atoms with Gasteiger partial charge in [-0.1, -0.05) is 0 Å². The van der Waals surface area contributed by atoms with Crippen LogP contribution in [0.5, 0.6) is 34.5 Å². The number of anilines is 6. The summed E-state index contributed by atoms with van der Waals surface area (Å²) in [6.07, 6.45) is 37.3. The molecule has 0 saturated carbocycles. The van der Waals surface area contributed by atoms with Gasteiger partial charge in [0.15, 0.2) is 40.4 Å². The van der Waals surface area contributed by atoms with Crippen LogP contribution in [-0.2, 0) is 39.3 Å². The van der Waals surface area contributed by atoms with Gasteiger partial charge in [-0.3, -0.25) is 49.8 Å². The van der Waals surface area contributed by atoms with E-state index in [0.29, 0.717) is 58.8 Å². The van der Waals surface area contributed by atoms with Gasteiger partial charge < -0.3 is 57.8 Å². The second kappa shape index (κ2) is 31.5. The Hall–Kier alpha value is -12.7. The topological polar surface area (TPSA) is 255 Å². The zero-order valence-corrected chi connectivity index (χ0v) is 52.0. The van der Waals surface area contributed by atoms with Crippen LogP contribution in [0, 0.1) is 0 Å². The van der Waals surface area contributed by atoms with Crippen molar-refractivity contribution in [3.8, 4) is 34.5 Å². The molecule has 96 heavy (non-hydrogen) atoms. The van der Waals surface area contributed by atoms with Gasteiger partial charge in [-0.2, -0.15) is 0 Å². The van der Waals surface area contributed by atoms with Crippen LogP contribution in [0.4, 0.5) is 34.6 Å². The molecule has 26 heteroatoms. The fourth-order valence-electron chi connectivity index (χ4n) is 10.4. The van der Waals surface area contributed by atoms with E-state index >= 15 is 0 Å². The lowest BCUT2D eigenvalue weighted by atomic mass is 10.2. The van der Waals surface area contributed by atoms with Crippen LogP contribution in [0.15, 0.2) is 245 Å². The van der Waals surface area contributed by atoms with Crippen LogP contribution >= 0.6 is 0 Å².